The second kappa shape index (κ2) is 3.55. The van der Waals surface area contributed by atoms with Gasteiger partial charge in [-0.1, -0.05) is 20.8 Å². The van der Waals surface area contributed by atoms with Crippen molar-refractivity contribution < 1.29 is 20.5 Å². The lowest BCUT2D eigenvalue weighted by Gasteiger charge is -2.16. The van der Waals surface area contributed by atoms with Crippen molar-refractivity contribution >= 4 is 20.2 Å². The topological polar surface area (TPSA) is 77.5 Å². The van der Waals surface area contributed by atoms with Gasteiger partial charge in [0.2, 0.25) is 0 Å². The molecule has 0 aromatic carbocycles. The summed E-state index contributed by atoms with van der Waals surface area (Å²) in [5.41, 5.74) is -0.524. The minimum Gasteiger partial charge on any atom is -0.199 e. The molecule has 0 spiro atoms. The standard InChI is InChI=1S/C6H14O5S2/c1-6(2,3)5-13(9,10)11-12(4,7)8/h5H2,1-4H3. The van der Waals surface area contributed by atoms with E-state index in [2.05, 4.69) is 3.63 Å². The maximum atomic E-state index is 11.1. The van der Waals surface area contributed by atoms with Crippen LogP contribution in [0.25, 0.3) is 0 Å². The van der Waals surface area contributed by atoms with Crippen molar-refractivity contribution in [2.24, 2.45) is 5.41 Å². The predicted octanol–water partition coefficient (Wildman–Crippen LogP) is 0.339. The van der Waals surface area contributed by atoms with E-state index in [0.29, 0.717) is 6.26 Å². The Morgan fingerprint density at radius 1 is 1.08 bits per heavy atom. The van der Waals surface area contributed by atoms with E-state index >= 15 is 0 Å². The van der Waals surface area contributed by atoms with Gasteiger partial charge in [-0.3, -0.25) is 0 Å². The van der Waals surface area contributed by atoms with Crippen LogP contribution in [0.1, 0.15) is 20.8 Å². The van der Waals surface area contributed by atoms with Gasteiger partial charge in [-0.15, -0.1) is 3.63 Å². The van der Waals surface area contributed by atoms with E-state index in [9.17, 15) is 16.8 Å². The quantitative estimate of drug-likeness (QED) is 0.698. The first-order valence-corrected chi connectivity index (χ1v) is 6.94. The van der Waals surface area contributed by atoms with Crippen LogP contribution in [0.15, 0.2) is 0 Å². The Hall–Kier alpha value is -0.140. The minimum atomic E-state index is -3.98. The van der Waals surface area contributed by atoms with Crippen molar-refractivity contribution in [3.8, 4) is 0 Å². The van der Waals surface area contributed by atoms with Gasteiger partial charge in [0, 0.05) is 0 Å². The fourth-order valence-electron chi connectivity index (χ4n) is 0.743. The molecule has 80 valence electrons. The molecular weight excluding hydrogens is 216 g/mol. The van der Waals surface area contributed by atoms with E-state index in [-0.39, 0.29) is 5.75 Å². The van der Waals surface area contributed by atoms with Crippen molar-refractivity contribution in [3.05, 3.63) is 0 Å². The molecule has 13 heavy (non-hydrogen) atoms. The van der Waals surface area contributed by atoms with Crippen LogP contribution in [-0.4, -0.2) is 28.8 Å². The van der Waals surface area contributed by atoms with E-state index in [4.69, 9.17) is 0 Å². The van der Waals surface area contributed by atoms with Crippen molar-refractivity contribution in [1.29, 1.82) is 0 Å². The van der Waals surface area contributed by atoms with Crippen LogP contribution in [0.5, 0.6) is 0 Å². The van der Waals surface area contributed by atoms with Crippen LogP contribution < -0.4 is 0 Å². The monoisotopic (exact) mass is 230 g/mol. The highest BCUT2D eigenvalue weighted by Gasteiger charge is 2.25. The molecular formula is C6H14O5S2. The molecule has 0 atom stereocenters. The highest BCUT2D eigenvalue weighted by molar-refractivity contribution is 7.99. The Morgan fingerprint density at radius 3 is 1.69 bits per heavy atom. The van der Waals surface area contributed by atoms with E-state index < -0.39 is 25.7 Å². The second-order valence-corrected chi connectivity index (χ2v) is 7.39. The Labute approximate surface area is 79.3 Å². The van der Waals surface area contributed by atoms with E-state index in [1.54, 1.807) is 20.8 Å². The zero-order valence-corrected chi connectivity index (χ0v) is 9.70. The van der Waals surface area contributed by atoms with Crippen LogP contribution in [0.2, 0.25) is 0 Å². The van der Waals surface area contributed by atoms with Crippen LogP contribution >= 0.6 is 0 Å². The summed E-state index contributed by atoms with van der Waals surface area (Å²) >= 11 is 0. The Balaban J connectivity index is 4.65. The molecule has 0 aliphatic rings. The maximum Gasteiger partial charge on any atom is 0.282 e. The molecule has 0 unspecified atom stereocenters. The molecule has 0 aliphatic heterocycles. The van der Waals surface area contributed by atoms with Gasteiger partial charge in [0.05, 0.1) is 12.0 Å². The van der Waals surface area contributed by atoms with Crippen molar-refractivity contribution in [3.63, 3.8) is 0 Å². The summed E-state index contributed by atoms with van der Waals surface area (Å²) in [6.45, 7) is 5.03. The SMILES string of the molecule is CC(C)(C)CS(=O)(=O)OS(C)(=O)=O. The molecule has 0 heterocycles. The van der Waals surface area contributed by atoms with E-state index in [1.807, 2.05) is 0 Å². The van der Waals surface area contributed by atoms with Gasteiger partial charge in [-0.05, 0) is 5.41 Å². The maximum absolute atomic E-state index is 11.1. The van der Waals surface area contributed by atoms with Gasteiger partial charge in [-0.2, -0.15) is 16.8 Å². The lowest BCUT2D eigenvalue weighted by Crippen LogP contribution is -2.24. The summed E-state index contributed by atoms with van der Waals surface area (Å²) in [5, 5.41) is 0. The average molecular weight is 230 g/mol. The molecule has 0 fully saturated rings. The lowest BCUT2D eigenvalue weighted by molar-refractivity contribution is 0.421. The first-order chi connectivity index (χ1) is 5.41. The molecule has 0 aliphatic carbocycles. The summed E-state index contributed by atoms with van der Waals surface area (Å²) in [6.07, 6.45) is 0.702. The molecule has 0 N–H and O–H groups in total. The first kappa shape index (κ1) is 12.9. The number of hydrogen-bond acceptors (Lipinski definition) is 5. The molecule has 0 bridgehead atoms. The van der Waals surface area contributed by atoms with Crippen LogP contribution in [0, 0.1) is 5.41 Å². The van der Waals surface area contributed by atoms with Crippen molar-refractivity contribution in [2.75, 3.05) is 12.0 Å². The van der Waals surface area contributed by atoms with Gasteiger partial charge in [-0.25, -0.2) is 0 Å². The minimum absolute atomic E-state index is 0.326. The van der Waals surface area contributed by atoms with Gasteiger partial charge >= 0.3 is 0 Å². The van der Waals surface area contributed by atoms with Crippen LogP contribution in [-0.2, 0) is 23.9 Å². The number of hydrogen-bond donors (Lipinski definition) is 0. The summed E-state index contributed by atoms with van der Waals surface area (Å²) in [7, 11) is -7.93. The van der Waals surface area contributed by atoms with E-state index in [1.165, 1.54) is 0 Å². The highest BCUT2D eigenvalue weighted by Crippen LogP contribution is 2.17. The summed E-state index contributed by atoms with van der Waals surface area (Å²) in [5.74, 6) is -0.326. The molecule has 0 radical (unpaired) electrons. The highest BCUT2D eigenvalue weighted by atomic mass is 32.3. The molecule has 7 heteroatoms. The number of rotatable bonds is 3. The Bertz CT molecular complexity index is 356. The molecule has 0 aromatic heterocycles. The van der Waals surface area contributed by atoms with E-state index in [0.717, 1.165) is 0 Å². The smallest absolute Gasteiger partial charge is 0.199 e. The molecule has 5 nitrogen and oxygen atoms in total. The third-order valence-electron chi connectivity index (χ3n) is 0.837. The lowest BCUT2D eigenvalue weighted by atomic mass is 10.0. The van der Waals surface area contributed by atoms with Crippen LogP contribution in [0.3, 0.4) is 0 Å². The molecule has 0 rings (SSSR count). The molecule has 0 saturated heterocycles. The Morgan fingerprint density at radius 2 is 1.46 bits per heavy atom. The fraction of sp³-hybridized carbons (Fsp3) is 1.00. The van der Waals surface area contributed by atoms with Gasteiger partial charge in [0.1, 0.15) is 0 Å². The Kier molecular flexibility index (Phi) is 3.51. The van der Waals surface area contributed by atoms with Crippen LogP contribution in [0.4, 0.5) is 0 Å². The fourth-order valence-corrected chi connectivity index (χ4v) is 3.50. The molecule has 0 amide bonds. The normalized spacial score (nSPS) is 14.5. The second-order valence-electron chi connectivity index (χ2n) is 4.03. The van der Waals surface area contributed by atoms with Crippen molar-refractivity contribution in [2.45, 2.75) is 20.8 Å². The largest absolute Gasteiger partial charge is 0.282 e. The summed E-state index contributed by atoms with van der Waals surface area (Å²) < 4.78 is 47.1. The van der Waals surface area contributed by atoms with Crippen molar-refractivity contribution in [1.82, 2.24) is 0 Å². The predicted molar refractivity (Wildman–Crippen MR) is 49.2 cm³/mol. The zero-order chi connectivity index (χ0) is 10.9. The molecule has 0 saturated carbocycles. The van der Waals surface area contributed by atoms with Gasteiger partial charge in [0.15, 0.2) is 0 Å². The van der Waals surface area contributed by atoms with Gasteiger partial charge in [0.25, 0.3) is 20.2 Å². The zero-order valence-electron chi connectivity index (χ0n) is 8.06. The first-order valence-electron chi connectivity index (χ1n) is 3.55. The van der Waals surface area contributed by atoms with Gasteiger partial charge < -0.3 is 0 Å². The molecule has 0 aromatic rings. The summed E-state index contributed by atoms with van der Waals surface area (Å²) in [6, 6.07) is 0. The summed E-state index contributed by atoms with van der Waals surface area (Å²) in [4.78, 5) is 0. The third-order valence-corrected chi connectivity index (χ3v) is 3.87. The third kappa shape index (κ3) is 8.20. The average Bonchev–Trinajstić information content (AvgIpc) is 1.43.